The molecule has 0 aliphatic carbocycles. The van der Waals surface area contributed by atoms with Crippen LogP contribution < -0.4 is 14.2 Å². The Bertz CT molecular complexity index is 1090. The van der Waals surface area contributed by atoms with E-state index in [-0.39, 0.29) is 17.1 Å². The summed E-state index contributed by atoms with van der Waals surface area (Å²) in [6.07, 6.45) is 4.47. The third kappa shape index (κ3) is 8.21. The van der Waals surface area contributed by atoms with Gasteiger partial charge in [0.1, 0.15) is 17.2 Å². The van der Waals surface area contributed by atoms with Gasteiger partial charge >= 0.3 is 18.6 Å². The Kier molecular flexibility index (Phi) is 9.35. The van der Waals surface area contributed by atoms with Crippen molar-refractivity contribution in [2.45, 2.75) is 46.1 Å². The summed E-state index contributed by atoms with van der Waals surface area (Å²) in [4.78, 5) is 24.7. The quantitative estimate of drug-likeness (QED) is 0.216. The lowest BCUT2D eigenvalue weighted by Gasteiger charge is -2.09. The van der Waals surface area contributed by atoms with Crippen LogP contribution in [0.5, 0.6) is 17.2 Å². The van der Waals surface area contributed by atoms with Crippen LogP contribution >= 0.6 is 0 Å². The van der Waals surface area contributed by atoms with Crippen LogP contribution in [-0.4, -0.2) is 18.6 Å². The lowest BCUT2D eigenvalue weighted by molar-refractivity contribution is -0.0498. The molecule has 0 N–H and O–H groups in total. The van der Waals surface area contributed by atoms with Crippen molar-refractivity contribution in [2.75, 3.05) is 0 Å². The molecule has 5 nitrogen and oxygen atoms in total. The van der Waals surface area contributed by atoms with Gasteiger partial charge in [-0.05, 0) is 85.0 Å². The summed E-state index contributed by atoms with van der Waals surface area (Å²) in [6.45, 7) is 1.51. The molecule has 0 aliphatic rings. The lowest BCUT2D eigenvalue weighted by Crippen LogP contribution is -2.10. The number of hydrogen-bond donors (Lipinski definition) is 0. The molecule has 0 unspecified atom stereocenters. The molecule has 3 aromatic rings. The molecule has 0 bridgehead atoms. The maximum Gasteiger partial charge on any atom is 0.387 e. The fraction of sp³-hybridized carbons (Fsp3) is 0.286. The third-order valence-electron chi connectivity index (χ3n) is 5.61. The van der Waals surface area contributed by atoms with Crippen LogP contribution in [0.4, 0.5) is 8.78 Å². The van der Waals surface area contributed by atoms with Gasteiger partial charge in [-0.1, -0.05) is 38.8 Å². The van der Waals surface area contributed by atoms with Crippen molar-refractivity contribution in [1.82, 2.24) is 0 Å². The zero-order chi connectivity index (χ0) is 25.2. The number of carbonyl (C=O) groups is 2. The Morgan fingerprint density at radius 3 is 1.66 bits per heavy atom. The van der Waals surface area contributed by atoms with E-state index in [9.17, 15) is 18.4 Å². The minimum absolute atomic E-state index is 0.0565. The van der Waals surface area contributed by atoms with Gasteiger partial charge in [-0.3, -0.25) is 0 Å². The van der Waals surface area contributed by atoms with Crippen LogP contribution in [0.15, 0.2) is 72.8 Å². The third-order valence-corrected chi connectivity index (χ3v) is 5.61. The average molecular weight is 483 g/mol. The molecule has 184 valence electrons. The van der Waals surface area contributed by atoms with Crippen LogP contribution in [0.2, 0.25) is 0 Å². The van der Waals surface area contributed by atoms with E-state index >= 15 is 0 Å². The van der Waals surface area contributed by atoms with Gasteiger partial charge in [0.15, 0.2) is 0 Å². The largest absolute Gasteiger partial charge is 0.435 e. The Balaban J connectivity index is 1.50. The second kappa shape index (κ2) is 12.6. The molecular formula is C28H28F2O5. The molecule has 0 radical (unpaired) electrons. The van der Waals surface area contributed by atoms with Gasteiger partial charge in [0.05, 0.1) is 11.1 Å². The highest BCUT2D eigenvalue weighted by Crippen LogP contribution is 2.21. The van der Waals surface area contributed by atoms with Gasteiger partial charge in [-0.15, -0.1) is 0 Å². The van der Waals surface area contributed by atoms with Crippen molar-refractivity contribution in [3.63, 3.8) is 0 Å². The zero-order valence-electron chi connectivity index (χ0n) is 19.7. The number of esters is 2. The first-order chi connectivity index (χ1) is 16.8. The second-order valence-corrected chi connectivity index (χ2v) is 8.26. The smallest absolute Gasteiger partial charge is 0.387 e. The van der Waals surface area contributed by atoms with Gasteiger partial charge in [-0.25, -0.2) is 9.59 Å². The lowest BCUT2D eigenvalue weighted by atomic mass is 9.99. The molecular weight excluding hydrogens is 454 g/mol. The molecule has 1 atom stereocenters. The first kappa shape index (κ1) is 25.9. The number of benzene rings is 3. The fourth-order valence-electron chi connectivity index (χ4n) is 3.35. The summed E-state index contributed by atoms with van der Waals surface area (Å²) in [5.41, 5.74) is 1.81. The van der Waals surface area contributed by atoms with Gasteiger partial charge in [0.2, 0.25) is 0 Å². The summed E-state index contributed by atoms with van der Waals surface area (Å²) < 4.78 is 39.4. The van der Waals surface area contributed by atoms with E-state index in [4.69, 9.17) is 9.47 Å². The summed E-state index contributed by atoms with van der Waals surface area (Å²) >= 11 is 0. The summed E-state index contributed by atoms with van der Waals surface area (Å²) in [5, 5.41) is 0. The molecule has 7 heteroatoms. The Morgan fingerprint density at radius 1 is 0.743 bits per heavy atom. The van der Waals surface area contributed by atoms with Gasteiger partial charge in [0, 0.05) is 0 Å². The van der Waals surface area contributed by atoms with E-state index in [1.807, 2.05) is 12.1 Å². The van der Waals surface area contributed by atoms with Crippen molar-refractivity contribution in [3.05, 3.63) is 89.5 Å². The standard InChI is InChI=1S/C28H28F2O5/c1-3-19(2)5-4-6-20-7-9-21(10-8-20)26(31)33-23-15-17-24(18-16-23)34-27(32)22-11-13-25(14-12-22)35-28(29)30/h7-19,28H,3-6H2,1-2H3/t19-/m0/s1. The van der Waals surface area contributed by atoms with Gasteiger partial charge < -0.3 is 14.2 Å². The fourth-order valence-corrected chi connectivity index (χ4v) is 3.35. The maximum atomic E-state index is 12.4. The van der Waals surface area contributed by atoms with Crippen molar-refractivity contribution < 1.29 is 32.6 Å². The highest BCUT2D eigenvalue weighted by atomic mass is 19.3. The topological polar surface area (TPSA) is 61.8 Å². The normalized spacial score (nSPS) is 11.7. The minimum Gasteiger partial charge on any atom is -0.435 e. The zero-order valence-corrected chi connectivity index (χ0v) is 19.7. The molecule has 0 heterocycles. The van der Waals surface area contributed by atoms with Crippen molar-refractivity contribution in [1.29, 1.82) is 0 Å². The van der Waals surface area contributed by atoms with Crippen molar-refractivity contribution >= 4 is 11.9 Å². The molecule has 0 aromatic heterocycles. The molecule has 3 aromatic carbocycles. The van der Waals surface area contributed by atoms with Gasteiger partial charge in [0.25, 0.3) is 0 Å². The SMILES string of the molecule is CC[C@H](C)CCCc1ccc(C(=O)Oc2ccc(OC(=O)c3ccc(OC(F)F)cc3)cc2)cc1. The van der Waals surface area contributed by atoms with Crippen molar-refractivity contribution in [3.8, 4) is 17.2 Å². The number of carbonyl (C=O) groups excluding carboxylic acids is 2. The maximum absolute atomic E-state index is 12.4. The molecule has 0 saturated carbocycles. The van der Waals surface area contributed by atoms with Crippen LogP contribution in [0.1, 0.15) is 59.4 Å². The van der Waals surface area contributed by atoms with Crippen LogP contribution in [0.25, 0.3) is 0 Å². The van der Waals surface area contributed by atoms with E-state index in [2.05, 4.69) is 18.6 Å². The predicted molar refractivity (Wildman–Crippen MR) is 128 cm³/mol. The minimum atomic E-state index is -2.94. The number of alkyl halides is 2. The Labute approximate surface area is 203 Å². The molecule has 0 aliphatic heterocycles. The van der Waals surface area contributed by atoms with Crippen LogP contribution in [0.3, 0.4) is 0 Å². The Hall–Kier alpha value is -3.74. The first-order valence-electron chi connectivity index (χ1n) is 11.5. The molecule has 0 amide bonds. The molecule has 0 fully saturated rings. The highest BCUT2D eigenvalue weighted by Gasteiger charge is 2.12. The summed E-state index contributed by atoms with van der Waals surface area (Å²) in [7, 11) is 0. The number of aryl methyl sites for hydroxylation is 1. The summed E-state index contributed by atoms with van der Waals surface area (Å²) in [5.74, 6) is 0.0693. The molecule has 3 rings (SSSR count). The van der Waals surface area contributed by atoms with E-state index in [0.717, 1.165) is 18.8 Å². The number of hydrogen-bond acceptors (Lipinski definition) is 5. The van der Waals surface area contributed by atoms with E-state index in [1.165, 1.54) is 66.9 Å². The molecule has 0 spiro atoms. The molecule has 0 saturated heterocycles. The van der Waals surface area contributed by atoms with E-state index < -0.39 is 18.6 Å². The van der Waals surface area contributed by atoms with Crippen LogP contribution in [0, 0.1) is 5.92 Å². The second-order valence-electron chi connectivity index (χ2n) is 8.26. The Morgan fingerprint density at radius 2 is 1.20 bits per heavy atom. The highest BCUT2D eigenvalue weighted by molar-refractivity contribution is 5.92. The molecule has 35 heavy (non-hydrogen) atoms. The van der Waals surface area contributed by atoms with Crippen LogP contribution in [-0.2, 0) is 6.42 Å². The number of ether oxygens (including phenoxy) is 3. The average Bonchev–Trinajstić information content (AvgIpc) is 2.85. The first-order valence-corrected chi connectivity index (χ1v) is 11.5. The van der Waals surface area contributed by atoms with E-state index in [1.54, 1.807) is 12.1 Å². The monoisotopic (exact) mass is 482 g/mol. The number of halogens is 2. The van der Waals surface area contributed by atoms with Crippen molar-refractivity contribution in [2.24, 2.45) is 5.92 Å². The summed E-state index contributed by atoms with van der Waals surface area (Å²) in [6, 6.07) is 18.6. The predicted octanol–water partition coefficient (Wildman–Crippen LogP) is 7.10. The van der Waals surface area contributed by atoms with E-state index in [0.29, 0.717) is 11.3 Å². The number of rotatable bonds is 11. The van der Waals surface area contributed by atoms with Gasteiger partial charge in [-0.2, -0.15) is 8.78 Å².